The van der Waals surface area contributed by atoms with Gasteiger partial charge >= 0.3 is 0 Å². The molecule has 1 saturated heterocycles. The first kappa shape index (κ1) is 26.8. The normalized spacial score (nSPS) is 17.9. The van der Waals surface area contributed by atoms with Crippen LogP contribution in [0.3, 0.4) is 0 Å². The summed E-state index contributed by atoms with van der Waals surface area (Å²) in [5.41, 5.74) is 6.26. The number of primary amides is 1. The first-order valence-corrected chi connectivity index (χ1v) is 11.6. The zero-order valence-electron chi connectivity index (χ0n) is 20.0. The Morgan fingerprint density at radius 1 is 1.12 bits per heavy atom. The second kappa shape index (κ2) is 12.7. The summed E-state index contributed by atoms with van der Waals surface area (Å²) >= 11 is 0. The minimum absolute atomic E-state index is 0.143. The van der Waals surface area contributed by atoms with E-state index in [0.29, 0.717) is 32.2 Å². The molecule has 0 bridgehead atoms. The van der Waals surface area contributed by atoms with Crippen molar-refractivity contribution in [3.05, 3.63) is 35.9 Å². The maximum Gasteiger partial charge on any atom is 0.246 e. The van der Waals surface area contributed by atoms with Crippen LogP contribution in [0.4, 0.5) is 0 Å². The lowest BCUT2D eigenvalue weighted by Crippen LogP contribution is -2.55. The van der Waals surface area contributed by atoms with Crippen LogP contribution in [0.25, 0.3) is 0 Å². The Bertz CT molecular complexity index is 891. The molecule has 1 aromatic carbocycles. The summed E-state index contributed by atoms with van der Waals surface area (Å²) in [6, 6.07) is 6.94. The van der Waals surface area contributed by atoms with Crippen molar-refractivity contribution in [2.24, 2.45) is 11.7 Å². The van der Waals surface area contributed by atoms with Crippen molar-refractivity contribution in [3.63, 3.8) is 0 Å². The summed E-state index contributed by atoms with van der Waals surface area (Å²) in [6.07, 6.45) is 2.04. The maximum atomic E-state index is 13.3. The predicted octanol–water partition coefficient (Wildman–Crippen LogP) is -0.143. The molecule has 34 heavy (non-hydrogen) atoms. The highest BCUT2D eigenvalue weighted by Crippen LogP contribution is 2.20. The molecule has 10 nitrogen and oxygen atoms in total. The number of nitrogens with one attached hydrogen (secondary N) is 3. The number of carbonyl (C=O) groups is 5. The number of hydrogen-bond donors (Lipinski definition) is 4. The highest BCUT2D eigenvalue weighted by atomic mass is 16.2. The van der Waals surface area contributed by atoms with Gasteiger partial charge in [-0.3, -0.25) is 24.0 Å². The van der Waals surface area contributed by atoms with E-state index < -0.39 is 35.8 Å². The van der Waals surface area contributed by atoms with Gasteiger partial charge in [0, 0.05) is 19.9 Å². The number of hydrogen-bond acceptors (Lipinski definition) is 5. The van der Waals surface area contributed by atoms with Gasteiger partial charge in [0.1, 0.15) is 18.1 Å². The Balaban J connectivity index is 2.01. The molecule has 0 aliphatic carbocycles. The minimum atomic E-state index is -0.824. The van der Waals surface area contributed by atoms with Gasteiger partial charge in [0.2, 0.25) is 29.5 Å². The molecule has 1 aliphatic heterocycles. The van der Waals surface area contributed by atoms with Crippen molar-refractivity contribution in [1.82, 2.24) is 20.9 Å². The molecule has 5 amide bonds. The van der Waals surface area contributed by atoms with Crippen LogP contribution in [0.5, 0.6) is 0 Å². The van der Waals surface area contributed by atoms with Gasteiger partial charge in [0.15, 0.2) is 0 Å². The lowest BCUT2D eigenvalue weighted by Gasteiger charge is -2.28. The standard InChI is InChI=1S/C24H35N5O5/c1-4-15(2)21(22(25)32)28-20(31)14-26-23(33)19-11-8-12-29(19)24(34)18(27-16(3)30)13-17-9-6-5-7-10-17/h5-7,9-10,15,18-19,21H,4,8,11-14H2,1-3H3,(H2,25,32)(H,26,33)(H,27,30)(H,28,31)/t15-,18-,19-,21-/m0/s1. The van der Waals surface area contributed by atoms with Gasteiger partial charge in [-0.1, -0.05) is 50.6 Å². The molecule has 10 heteroatoms. The van der Waals surface area contributed by atoms with E-state index in [9.17, 15) is 24.0 Å². The first-order chi connectivity index (χ1) is 16.1. The topological polar surface area (TPSA) is 151 Å². The van der Waals surface area contributed by atoms with Gasteiger partial charge in [-0.25, -0.2) is 0 Å². The van der Waals surface area contributed by atoms with E-state index in [0.717, 1.165) is 5.56 Å². The highest BCUT2D eigenvalue weighted by Gasteiger charge is 2.37. The van der Waals surface area contributed by atoms with E-state index in [-0.39, 0.29) is 24.3 Å². The van der Waals surface area contributed by atoms with Crippen LogP contribution >= 0.6 is 0 Å². The van der Waals surface area contributed by atoms with E-state index in [1.54, 1.807) is 6.92 Å². The zero-order chi connectivity index (χ0) is 25.3. The number of amides is 5. The Morgan fingerprint density at radius 2 is 1.79 bits per heavy atom. The number of rotatable bonds is 11. The number of nitrogens with two attached hydrogens (primary N) is 1. The average molecular weight is 474 g/mol. The lowest BCUT2D eigenvalue weighted by atomic mass is 9.98. The molecule has 0 spiro atoms. The first-order valence-electron chi connectivity index (χ1n) is 11.6. The van der Waals surface area contributed by atoms with Gasteiger partial charge in [-0.2, -0.15) is 0 Å². The third kappa shape index (κ3) is 7.57. The molecule has 1 aromatic rings. The number of nitrogens with zero attached hydrogens (tertiary/aromatic N) is 1. The molecule has 2 rings (SSSR count). The molecule has 186 valence electrons. The van der Waals surface area contributed by atoms with Gasteiger partial charge in [-0.15, -0.1) is 0 Å². The van der Waals surface area contributed by atoms with Crippen LogP contribution in [0.15, 0.2) is 30.3 Å². The molecule has 0 saturated carbocycles. The molecule has 0 unspecified atom stereocenters. The van der Waals surface area contributed by atoms with E-state index >= 15 is 0 Å². The second-order valence-corrected chi connectivity index (χ2v) is 8.68. The van der Waals surface area contributed by atoms with Gasteiger partial charge in [0.05, 0.1) is 6.54 Å². The van der Waals surface area contributed by atoms with Crippen molar-refractivity contribution in [3.8, 4) is 0 Å². The zero-order valence-corrected chi connectivity index (χ0v) is 20.0. The third-order valence-corrected chi connectivity index (χ3v) is 6.06. The molecule has 1 aliphatic rings. The van der Waals surface area contributed by atoms with Crippen LogP contribution in [0, 0.1) is 5.92 Å². The van der Waals surface area contributed by atoms with Crippen molar-refractivity contribution < 1.29 is 24.0 Å². The van der Waals surface area contributed by atoms with Crippen LogP contribution in [-0.4, -0.2) is 65.7 Å². The monoisotopic (exact) mass is 473 g/mol. The Morgan fingerprint density at radius 3 is 2.38 bits per heavy atom. The number of likely N-dealkylation sites (tertiary alicyclic amines) is 1. The molecule has 1 fully saturated rings. The van der Waals surface area contributed by atoms with E-state index in [2.05, 4.69) is 16.0 Å². The molecular weight excluding hydrogens is 438 g/mol. The average Bonchev–Trinajstić information content (AvgIpc) is 3.30. The molecule has 5 N–H and O–H groups in total. The fourth-order valence-electron chi connectivity index (χ4n) is 4.04. The minimum Gasteiger partial charge on any atom is -0.368 e. The highest BCUT2D eigenvalue weighted by molar-refractivity contribution is 5.94. The molecule has 1 heterocycles. The summed E-state index contributed by atoms with van der Waals surface area (Å²) in [7, 11) is 0. The van der Waals surface area contributed by atoms with Crippen molar-refractivity contribution >= 4 is 29.5 Å². The maximum absolute atomic E-state index is 13.3. The quantitative estimate of drug-likeness (QED) is 0.353. The van der Waals surface area contributed by atoms with Gasteiger partial charge in [0.25, 0.3) is 0 Å². The predicted molar refractivity (Wildman–Crippen MR) is 126 cm³/mol. The van der Waals surface area contributed by atoms with Crippen LogP contribution in [0.2, 0.25) is 0 Å². The Labute approximate surface area is 200 Å². The van der Waals surface area contributed by atoms with Gasteiger partial charge < -0.3 is 26.6 Å². The fourth-order valence-corrected chi connectivity index (χ4v) is 4.04. The van der Waals surface area contributed by atoms with Crippen LogP contribution in [0.1, 0.15) is 45.6 Å². The second-order valence-electron chi connectivity index (χ2n) is 8.68. The summed E-state index contributed by atoms with van der Waals surface area (Å²) in [4.78, 5) is 63.2. The summed E-state index contributed by atoms with van der Waals surface area (Å²) in [6.45, 7) is 5.07. The summed E-state index contributed by atoms with van der Waals surface area (Å²) < 4.78 is 0. The lowest BCUT2D eigenvalue weighted by molar-refractivity contribution is -0.141. The van der Waals surface area contributed by atoms with Gasteiger partial charge in [-0.05, 0) is 24.3 Å². The third-order valence-electron chi connectivity index (χ3n) is 6.06. The Kier molecular flexibility index (Phi) is 10.0. The van der Waals surface area contributed by atoms with Crippen molar-refractivity contribution in [1.29, 1.82) is 0 Å². The Hall–Kier alpha value is -3.43. The molecule has 0 aromatic heterocycles. The van der Waals surface area contributed by atoms with Crippen molar-refractivity contribution in [2.75, 3.05) is 13.1 Å². The molecule has 0 radical (unpaired) electrons. The van der Waals surface area contributed by atoms with Crippen LogP contribution < -0.4 is 21.7 Å². The smallest absolute Gasteiger partial charge is 0.246 e. The van der Waals surface area contributed by atoms with E-state index in [1.165, 1.54) is 11.8 Å². The van der Waals surface area contributed by atoms with Crippen LogP contribution in [-0.2, 0) is 30.4 Å². The van der Waals surface area contributed by atoms with Crippen molar-refractivity contribution in [2.45, 2.75) is 64.6 Å². The van der Waals surface area contributed by atoms with E-state index in [1.807, 2.05) is 37.3 Å². The summed E-state index contributed by atoms with van der Waals surface area (Å²) in [5, 5.41) is 7.81. The molecule has 4 atom stereocenters. The SMILES string of the molecule is CC[C@H](C)[C@H](NC(=O)CNC(=O)[C@@H]1CCCN1C(=O)[C@H](Cc1ccccc1)NC(C)=O)C(N)=O. The fraction of sp³-hybridized carbons (Fsp3) is 0.542. The van der Waals surface area contributed by atoms with E-state index in [4.69, 9.17) is 5.73 Å². The summed E-state index contributed by atoms with van der Waals surface area (Å²) in [5.74, 6) is -2.45. The number of benzene rings is 1. The molecular formula is C24H35N5O5. The number of carbonyl (C=O) groups excluding carboxylic acids is 5. The largest absolute Gasteiger partial charge is 0.368 e.